The second-order valence-corrected chi connectivity index (χ2v) is 10.2. The summed E-state index contributed by atoms with van der Waals surface area (Å²) in [6.45, 7) is 5.25. The molecule has 4 aliphatic rings. The van der Waals surface area contributed by atoms with E-state index in [0.717, 1.165) is 37.8 Å². The molecular formula is C26H40N2O2. The van der Waals surface area contributed by atoms with Crippen molar-refractivity contribution in [3.8, 4) is 0 Å². The van der Waals surface area contributed by atoms with E-state index in [2.05, 4.69) is 34.1 Å². The molecule has 0 radical (unpaired) electrons. The molecule has 3 fully saturated rings. The molecule has 30 heavy (non-hydrogen) atoms. The first kappa shape index (κ1) is 20.9. The van der Waals surface area contributed by atoms with Crippen LogP contribution in [0.1, 0.15) is 75.3 Å². The Morgan fingerprint density at radius 3 is 2.17 bits per heavy atom. The summed E-state index contributed by atoms with van der Waals surface area (Å²) in [5.74, 6) is 0. The fraction of sp³-hybridized carbons (Fsp3) is 0.769. The summed E-state index contributed by atoms with van der Waals surface area (Å²) in [4.78, 5) is 5.58. The molecule has 4 heteroatoms. The van der Waals surface area contributed by atoms with Gasteiger partial charge in [0.2, 0.25) is 0 Å². The van der Waals surface area contributed by atoms with Crippen molar-refractivity contribution in [1.82, 2.24) is 9.80 Å². The molecule has 1 saturated heterocycles. The van der Waals surface area contributed by atoms with Gasteiger partial charge >= 0.3 is 0 Å². The minimum absolute atomic E-state index is 0.116. The highest BCUT2D eigenvalue weighted by Gasteiger charge is 2.44. The van der Waals surface area contributed by atoms with Crippen LogP contribution in [0.2, 0.25) is 0 Å². The Kier molecular flexibility index (Phi) is 6.47. The van der Waals surface area contributed by atoms with Crippen LogP contribution in [0, 0.1) is 0 Å². The van der Waals surface area contributed by atoms with Crippen molar-refractivity contribution in [2.45, 2.75) is 94.4 Å². The Morgan fingerprint density at radius 1 is 0.867 bits per heavy atom. The molecule has 1 spiro atoms. The van der Waals surface area contributed by atoms with Gasteiger partial charge in [0.15, 0.2) is 0 Å². The molecule has 2 aliphatic carbocycles. The smallest absolute Gasteiger partial charge is 0.0939 e. The minimum atomic E-state index is -0.116. The summed E-state index contributed by atoms with van der Waals surface area (Å²) < 4.78 is 6.73. The van der Waals surface area contributed by atoms with Gasteiger partial charge < -0.3 is 9.84 Å². The number of fused-ring (bicyclic) bond motifs is 2. The van der Waals surface area contributed by atoms with Crippen LogP contribution < -0.4 is 0 Å². The maximum atomic E-state index is 9.49. The lowest BCUT2D eigenvalue weighted by Gasteiger charge is -2.50. The molecule has 1 aromatic rings. The second kappa shape index (κ2) is 9.28. The van der Waals surface area contributed by atoms with E-state index in [-0.39, 0.29) is 18.3 Å². The highest BCUT2D eigenvalue weighted by molar-refractivity contribution is 5.35. The summed E-state index contributed by atoms with van der Waals surface area (Å²) in [5, 5.41) is 9.49. The second-order valence-electron chi connectivity index (χ2n) is 10.2. The van der Waals surface area contributed by atoms with Gasteiger partial charge in [0.1, 0.15) is 0 Å². The van der Waals surface area contributed by atoms with Gasteiger partial charge in [0.05, 0.1) is 11.7 Å². The Bertz CT molecular complexity index is 686. The quantitative estimate of drug-likeness (QED) is 0.808. The zero-order valence-electron chi connectivity index (χ0n) is 18.6. The van der Waals surface area contributed by atoms with Crippen LogP contribution >= 0.6 is 0 Å². The third-order valence-corrected chi connectivity index (χ3v) is 8.52. The molecular weight excluding hydrogens is 372 g/mol. The number of ether oxygens (including phenoxy) is 1. The van der Waals surface area contributed by atoms with Gasteiger partial charge in [0, 0.05) is 44.9 Å². The largest absolute Gasteiger partial charge is 0.396 e. The lowest BCUT2D eigenvalue weighted by atomic mass is 9.73. The Labute approximate surface area is 182 Å². The number of aliphatic hydroxyl groups excluding tert-OH is 1. The molecule has 4 nitrogen and oxygen atoms in total. The third-order valence-electron chi connectivity index (χ3n) is 8.52. The first-order chi connectivity index (χ1) is 14.8. The van der Waals surface area contributed by atoms with Crippen molar-refractivity contribution in [2.75, 3.05) is 32.8 Å². The van der Waals surface area contributed by atoms with Crippen molar-refractivity contribution >= 4 is 0 Å². The Hall–Kier alpha value is -0.940. The topological polar surface area (TPSA) is 35.9 Å². The van der Waals surface area contributed by atoms with E-state index < -0.39 is 0 Å². The number of hydrogen-bond acceptors (Lipinski definition) is 4. The monoisotopic (exact) mass is 412 g/mol. The SMILES string of the molecule is OCC[C@H]1Cc2ccccc2C2(CCC(N3CCN(C4CCCCC4)CC3)CC2)O1. The fourth-order valence-electron chi connectivity index (χ4n) is 6.85. The number of nitrogens with zero attached hydrogens (tertiary/aromatic N) is 2. The van der Waals surface area contributed by atoms with Crippen LogP contribution in [0.4, 0.5) is 0 Å². The summed E-state index contributed by atoms with van der Waals surface area (Å²) in [6.07, 6.45) is 13.8. The molecule has 1 atom stereocenters. The zero-order chi connectivity index (χ0) is 20.4. The van der Waals surface area contributed by atoms with Gasteiger partial charge in [-0.3, -0.25) is 9.80 Å². The normalized spacial score (nSPS) is 34.2. The maximum absolute atomic E-state index is 9.49. The van der Waals surface area contributed by atoms with E-state index in [9.17, 15) is 5.11 Å². The molecule has 2 aliphatic heterocycles. The molecule has 0 bridgehead atoms. The highest BCUT2D eigenvalue weighted by Crippen LogP contribution is 2.47. The third kappa shape index (κ3) is 4.21. The average Bonchev–Trinajstić information content (AvgIpc) is 2.81. The van der Waals surface area contributed by atoms with Crippen molar-refractivity contribution in [1.29, 1.82) is 0 Å². The molecule has 1 aromatic carbocycles. The van der Waals surface area contributed by atoms with Crippen LogP contribution in [-0.2, 0) is 16.8 Å². The maximum Gasteiger partial charge on any atom is 0.0939 e. The van der Waals surface area contributed by atoms with E-state index in [1.807, 2.05) is 0 Å². The number of aliphatic hydroxyl groups is 1. The van der Waals surface area contributed by atoms with Gasteiger partial charge in [-0.05, 0) is 62.5 Å². The zero-order valence-corrected chi connectivity index (χ0v) is 18.6. The first-order valence-electron chi connectivity index (χ1n) is 12.6. The number of hydrogen-bond donors (Lipinski definition) is 1. The molecule has 0 amide bonds. The van der Waals surface area contributed by atoms with Gasteiger partial charge in [0.25, 0.3) is 0 Å². The van der Waals surface area contributed by atoms with E-state index >= 15 is 0 Å². The Balaban J connectivity index is 1.20. The summed E-state index contributed by atoms with van der Waals surface area (Å²) in [7, 11) is 0. The Morgan fingerprint density at radius 2 is 1.50 bits per heavy atom. The molecule has 2 heterocycles. The molecule has 2 saturated carbocycles. The van der Waals surface area contributed by atoms with Crippen molar-refractivity contribution in [2.24, 2.45) is 0 Å². The van der Waals surface area contributed by atoms with Crippen LogP contribution in [0.5, 0.6) is 0 Å². The van der Waals surface area contributed by atoms with Crippen LogP contribution in [0.15, 0.2) is 24.3 Å². The lowest BCUT2D eigenvalue weighted by Crippen LogP contribution is -2.55. The van der Waals surface area contributed by atoms with Crippen molar-refractivity contribution in [3.63, 3.8) is 0 Å². The van der Waals surface area contributed by atoms with Gasteiger partial charge in [-0.25, -0.2) is 0 Å². The van der Waals surface area contributed by atoms with Crippen LogP contribution in [0.3, 0.4) is 0 Å². The van der Waals surface area contributed by atoms with E-state index in [1.165, 1.54) is 82.3 Å². The first-order valence-corrected chi connectivity index (χ1v) is 12.6. The van der Waals surface area contributed by atoms with Crippen molar-refractivity contribution < 1.29 is 9.84 Å². The molecule has 166 valence electrons. The molecule has 5 rings (SSSR count). The molecule has 0 aromatic heterocycles. The van der Waals surface area contributed by atoms with Gasteiger partial charge in [-0.2, -0.15) is 0 Å². The van der Waals surface area contributed by atoms with Crippen LogP contribution in [0.25, 0.3) is 0 Å². The fourth-order valence-corrected chi connectivity index (χ4v) is 6.85. The number of rotatable bonds is 4. The van der Waals surface area contributed by atoms with Crippen LogP contribution in [-0.4, -0.2) is 65.9 Å². The lowest BCUT2D eigenvalue weighted by molar-refractivity contribution is -0.144. The van der Waals surface area contributed by atoms with E-state index in [1.54, 1.807) is 0 Å². The van der Waals surface area contributed by atoms with Gasteiger partial charge in [-0.1, -0.05) is 43.5 Å². The highest BCUT2D eigenvalue weighted by atomic mass is 16.5. The number of piperazine rings is 1. The van der Waals surface area contributed by atoms with E-state index in [0.29, 0.717) is 0 Å². The predicted molar refractivity (Wildman–Crippen MR) is 121 cm³/mol. The van der Waals surface area contributed by atoms with Crippen molar-refractivity contribution in [3.05, 3.63) is 35.4 Å². The van der Waals surface area contributed by atoms with E-state index in [4.69, 9.17) is 4.74 Å². The summed E-state index contributed by atoms with van der Waals surface area (Å²) in [6, 6.07) is 10.5. The predicted octanol–water partition coefficient (Wildman–Crippen LogP) is 4.10. The molecule has 1 N–H and O–H groups in total. The summed E-state index contributed by atoms with van der Waals surface area (Å²) >= 11 is 0. The summed E-state index contributed by atoms with van der Waals surface area (Å²) in [5.41, 5.74) is 2.76. The molecule has 0 unspecified atom stereocenters. The standard InChI is InChI=1S/C26H40N2O2/c29-19-12-24-20-21-6-4-5-9-25(21)26(30-24)13-10-23(11-14-26)28-17-15-27(16-18-28)22-7-2-1-3-8-22/h4-6,9,22-24,29H,1-3,7-8,10-20H2/t23?,24-,26?/m0/s1. The van der Waals surface area contributed by atoms with Gasteiger partial charge in [-0.15, -0.1) is 0 Å². The average molecular weight is 413 g/mol. The minimum Gasteiger partial charge on any atom is -0.396 e. The number of benzene rings is 1.